The third kappa shape index (κ3) is 9.53. The van der Waals surface area contributed by atoms with Crippen molar-refractivity contribution in [2.24, 2.45) is 15.5 Å². The van der Waals surface area contributed by atoms with Gasteiger partial charge in [-0.1, -0.05) is 34.7 Å². The van der Waals surface area contributed by atoms with E-state index in [9.17, 15) is 0 Å². The monoisotopic (exact) mass is 339 g/mol. The van der Waals surface area contributed by atoms with Gasteiger partial charge in [-0.3, -0.25) is 0 Å². The van der Waals surface area contributed by atoms with Crippen molar-refractivity contribution in [1.29, 1.82) is 0 Å². The largest absolute Gasteiger partial charge is 0.411 e. The number of hydrogen-bond acceptors (Lipinski definition) is 6. The predicted octanol–water partition coefficient (Wildman–Crippen LogP) is 5.34. The molecule has 3 saturated carbocycles. The minimum absolute atomic E-state index is 0.983. The van der Waals surface area contributed by atoms with Gasteiger partial charge >= 0.3 is 0 Å². The lowest BCUT2D eigenvalue weighted by Crippen LogP contribution is -2.03. The van der Waals surface area contributed by atoms with E-state index >= 15 is 0 Å². The standard InChI is InChI=1S/3C6H11NO/c3*8-7-6-4-2-1-3-5-6/h3*8H,1-5H2. The molecule has 0 aromatic heterocycles. The summed E-state index contributed by atoms with van der Waals surface area (Å²) in [7, 11) is 0. The number of nitrogens with zero attached hydrogens (tertiary/aromatic N) is 3. The summed E-state index contributed by atoms with van der Waals surface area (Å²) in [5.41, 5.74) is 2.95. The van der Waals surface area contributed by atoms with Gasteiger partial charge in [0.05, 0.1) is 17.1 Å². The maximum Gasteiger partial charge on any atom is 0.0570 e. The van der Waals surface area contributed by atoms with Gasteiger partial charge in [-0.15, -0.1) is 0 Å². The second kappa shape index (κ2) is 13.8. The Morgan fingerprint density at radius 1 is 0.375 bits per heavy atom. The molecule has 3 aliphatic carbocycles. The van der Waals surface area contributed by atoms with Crippen LogP contribution in [0.3, 0.4) is 0 Å². The highest BCUT2D eigenvalue weighted by Gasteiger charge is 2.06. The molecule has 24 heavy (non-hydrogen) atoms. The highest BCUT2D eigenvalue weighted by Crippen LogP contribution is 2.15. The first kappa shape index (κ1) is 20.5. The molecule has 0 aromatic rings. The van der Waals surface area contributed by atoms with Crippen molar-refractivity contribution in [3.63, 3.8) is 0 Å². The van der Waals surface area contributed by atoms with E-state index in [0.29, 0.717) is 0 Å². The fourth-order valence-electron chi connectivity index (χ4n) is 3.18. The van der Waals surface area contributed by atoms with E-state index in [1.807, 2.05) is 0 Å². The van der Waals surface area contributed by atoms with Gasteiger partial charge in [0.15, 0.2) is 0 Å². The third-order valence-corrected chi connectivity index (χ3v) is 4.72. The molecule has 3 rings (SSSR count). The Kier molecular flexibility index (Phi) is 11.8. The van der Waals surface area contributed by atoms with Gasteiger partial charge in [-0.25, -0.2) is 0 Å². The summed E-state index contributed by atoms with van der Waals surface area (Å²) in [6.45, 7) is 0. The maximum atomic E-state index is 8.28. The molecule has 0 aromatic carbocycles. The van der Waals surface area contributed by atoms with Gasteiger partial charge in [0.1, 0.15) is 0 Å². The molecule has 0 amide bonds. The zero-order valence-corrected chi connectivity index (χ0v) is 14.8. The van der Waals surface area contributed by atoms with Crippen LogP contribution in [0.1, 0.15) is 96.3 Å². The molecule has 6 heteroatoms. The fourth-order valence-corrected chi connectivity index (χ4v) is 3.18. The fraction of sp³-hybridized carbons (Fsp3) is 0.833. The van der Waals surface area contributed by atoms with Gasteiger partial charge in [-0.05, 0) is 77.0 Å². The molecule has 0 aliphatic heterocycles. The molecule has 3 N–H and O–H groups in total. The van der Waals surface area contributed by atoms with Crippen LogP contribution in [0, 0.1) is 0 Å². The van der Waals surface area contributed by atoms with Crippen LogP contribution in [0.25, 0.3) is 0 Å². The Hall–Kier alpha value is -1.59. The van der Waals surface area contributed by atoms with Crippen LogP contribution in [-0.4, -0.2) is 32.8 Å². The molecule has 3 fully saturated rings. The lowest BCUT2D eigenvalue weighted by molar-refractivity contribution is 0.314. The summed E-state index contributed by atoms with van der Waals surface area (Å²) >= 11 is 0. The van der Waals surface area contributed by atoms with Crippen molar-refractivity contribution in [3.05, 3.63) is 0 Å². The Bertz CT molecular complexity index is 334. The molecule has 0 bridgehead atoms. The van der Waals surface area contributed by atoms with Crippen LogP contribution in [-0.2, 0) is 0 Å². The van der Waals surface area contributed by atoms with Crippen molar-refractivity contribution in [1.82, 2.24) is 0 Å². The smallest absolute Gasteiger partial charge is 0.0570 e. The average Bonchev–Trinajstić information content (AvgIpc) is 2.71. The summed E-state index contributed by atoms with van der Waals surface area (Å²) in [5, 5.41) is 34.3. The summed E-state index contributed by atoms with van der Waals surface area (Å²) in [6.07, 6.45) is 17.2. The van der Waals surface area contributed by atoms with Gasteiger partial charge < -0.3 is 15.6 Å². The second-order valence-corrected chi connectivity index (χ2v) is 6.68. The first-order valence-electron chi connectivity index (χ1n) is 9.39. The summed E-state index contributed by atoms with van der Waals surface area (Å²) in [6, 6.07) is 0. The Morgan fingerprint density at radius 3 is 0.708 bits per heavy atom. The summed E-state index contributed by atoms with van der Waals surface area (Å²) in [4.78, 5) is 0. The van der Waals surface area contributed by atoms with E-state index in [1.54, 1.807) is 0 Å². The van der Waals surface area contributed by atoms with Crippen molar-refractivity contribution < 1.29 is 15.6 Å². The SMILES string of the molecule is ON=C1CCCCC1.ON=C1CCCCC1.ON=C1CCCCC1. The molecule has 6 nitrogen and oxygen atoms in total. The molecular weight excluding hydrogens is 306 g/mol. The van der Waals surface area contributed by atoms with E-state index in [0.717, 1.165) is 55.7 Å². The van der Waals surface area contributed by atoms with E-state index in [2.05, 4.69) is 15.5 Å². The minimum Gasteiger partial charge on any atom is -0.411 e. The van der Waals surface area contributed by atoms with E-state index in [1.165, 1.54) is 57.8 Å². The van der Waals surface area contributed by atoms with Crippen molar-refractivity contribution in [3.8, 4) is 0 Å². The third-order valence-electron chi connectivity index (χ3n) is 4.72. The number of oxime groups is 3. The predicted molar refractivity (Wildman–Crippen MR) is 96.9 cm³/mol. The molecule has 0 heterocycles. The Morgan fingerprint density at radius 2 is 0.583 bits per heavy atom. The van der Waals surface area contributed by atoms with Crippen LogP contribution in [0.15, 0.2) is 15.5 Å². The zero-order chi connectivity index (χ0) is 17.5. The molecule has 0 radical (unpaired) electrons. The lowest BCUT2D eigenvalue weighted by Gasteiger charge is -2.08. The second-order valence-electron chi connectivity index (χ2n) is 6.68. The van der Waals surface area contributed by atoms with Crippen molar-refractivity contribution >= 4 is 17.1 Å². The van der Waals surface area contributed by atoms with E-state index < -0.39 is 0 Å². The van der Waals surface area contributed by atoms with E-state index in [4.69, 9.17) is 15.6 Å². The summed E-state index contributed by atoms with van der Waals surface area (Å²) in [5.74, 6) is 0. The van der Waals surface area contributed by atoms with E-state index in [-0.39, 0.29) is 0 Å². The molecule has 0 atom stereocenters. The van der Waals surface area contributed by atoms with Crippen LogP contribution >= 0.6 is 0 Å². The van der Waals surface area contributed by atoms with Gasteiger partial charge in [0.2, 0.25) is 0 Å². The minimum atomic E-state index is 0.983. The molecule has 138 valence electrons. The average molecular weight is 339 g/mol. The first-order valence-corrected chi connectivity index (χ1v) is 9.39. The first-order chi connectivity index (χ1) is 11.8. The molecular formula is C18H33N3O3. The Labute approximate surface area is 145 Å². The maximum absolute atomic E-state index is 8.28. The normalized spacial score (nSPS) is 20.8. The topological polar surface area (TPSA) is 97.8 Å². The lowest BCUT2D eigenvalue weighted by atomic mass is 9.99. The molecule has 0 saturated heterocycles. The highest BCUT2D eigenvalue weighted by molar-refractivity contribution is 5.85. The zero-order valence-electron chi connectivity index (χ0n) is 14.8. The number of hydrogen-bond donors (Lipinski definition) is 3. The molecule has 3 aliphatic rings. The highest BCUT2D eigenvalue weighted by atomic mass is 16.4. The van der Waals surface area contributed by atoms with Crippen LogP contribution in [0.2, 0.25) is 0 Å². The van der Waals surface area contributed by atoms with Crippen LogP contribution < -0.4 is 0 Å². The number of rotatable bonds is 0. The van der Waals surface area contributed by atoms with Crippen LogP contribution in [0.5, 0.6) is 0 Å². The van der Waals surface area contributed by atoms with Gasteiger partial charge in [-0.2, -0.15) is 0 Å². The van der Waals surface area contributed by atoms with Gasteiger partial charge in [0, 0.05) is 0 Å². The Balaban J connectivity index is 0.000000180. The van der Waals surface area contributed by atoms with Gasteiger partial charge in [0.25, 0.3) is 0 Å². The van der Waals surface area contributed by atoms with Crippen molar-refractivity contribution in [2.75, 3.05) is 0 Å². The summed E-state index contributed by atoms with van der Waals surface area (Å²) < 4.78 is 0. The molecule has 0 unspecified atom stereocenters. The van der Waals surface area contributed by atoms with Crippen LogP contribution in [0.4, 0.5) is 0 Å². The van der Waals surface area contributed by atoms with Crippen molar-refractivity contribution in [2.45, 2.75) is 96.3 Å². The quantitative estimate of drug-likeness (QED) is 0.410. The molecule has 0 spiro atoms.